The van der Waals surface area contributed by atoms with Crippen molar-refractivity contribution in [3.8, 4) is 0 Å². The molecule has 30 heavy (non-hydrogen) atoms. The van der Waals surface area contributed by atoms with E-state index in [4.69, 9.17) is 4.74 Å². The molecule has 0 saturated heterocycles. The predicted octanol–water partition coefficient (Wildman–Crippen LogP) is 3.55. The van der Waals surface area contributed by atoms with Crippen LogP contribution in [0.5, 0.6) is 0 Å². The van der Waals surface area contributed by atoms with Crippen LogP contribution in [0.1, 0.15) is 55.4 Å². The van der Waals surface area contributed by atoms with Gasteiger partial charge in [-0.25, -0.2) is 4.79 Å². The molecule has 2 aromatic rings. The second-order valence-electron chi connectivity index (χ2n) is 8.86. The molecule has 0 aromatic carbocycles. The average molecular weight is 476 g/mol. The minimum Gasteiger partial charge on any atom is -0.444 e. The van der Waals surface area contributed by atoms with Crippen LogP contribution in [0.15, 0.2) is 29.0 Å². The number of rotatable bonds is 3. The molecule has 0 radical (unpaired) electrons. The van der Waals surface area contributed by atoms with Crippen molar-refractivity contribution >= 4 is 27.9 Å². The zero-order chi connectivity index (χ0) is 21.7. The standard InChI is InChI=1S/C21H26BrN5O3/c1-20(2,3)30-19(29)26-10-11-27-16(13-26)14(12-24-27)18(28)25(4)21(7-8-21)17-15(22)6-5-9-23-17/h5-6,9,12H,7-8,10-11,13H2,1-4H3. The van der Waals surface area contributed by atoms with E-state index in [1.807, 2.05) is 40.0 Å². The summed E-state index contributed by atoms with van der Waals surface area (Å²) in [7, 11) is 1.81. The van der Waals surface area contributed by atoms with E-state index in [9.17, 15) is 9.59 Å². The van der Waals surface area contributed by atoms with Gasteiger partial charge in [0.2, 0.25) is 0 Å². The lowest BCUT2D eigenvalue weighted by Gasteiger charge is -2.32. The SMILES string of the molecule is CN(C(=O)c1cnn2c1CN(C(=O)OC(C)(C)C)CC2)C1(c2ncccc2Br)CC1. The number of nitrogens with zero attached hydrogens (tertiary/aromatic N) is 5. The maximum absolute atomic E-state index is 13.4. The topological polar surface area (TPSA) is 80.6 Å². The number of ether oxygens (including phenoxy) is 1. The maximum atomic E-state index is 13.4. The van der Waals surface area contributed by atoms with Gasteiger partial charge >= 0.3 is 6.09 Å². The highest BCUT2D eigenvalue weighted by Gasteiger charge is 2.52. The highest BCUT2D eigenvalue weighted by molar-refractivity contribution is 9.10. The first-order chi connectivity index (χ1) is 14.1. The first-order valence-corrected chi connectivity index (χ1v) is 10.8. The van der Waals surface area contributed by atoms with E-state index in [0.717, 1.165) is 28.7 Å². The zero-order valence-corrected chi connectivity index (χ0v) is 19.3. The fourth-order valence-electron chi connectivity index (χ4n) is 3.86. The van der Waals surface area contributed by atoms with Crippen molar-refractivity contribution in [3.05, 3.63) is 46.0 Å². The van der Waals surface area contributed by atoms with Crippen LogP contribution in [0.2, 0.25) is 0 Å². The Hall–Kier alpha value is -2.42. The van der Waals surface area contributed by atoms with Crippen LogP contribution in [0.4, 0.5) is 4.79 Å². The molecule has 0 bridgehead atoms. The monoisotopic (exact) mass is 475 g/mol. The first-order valence-electron chi connectivity index (χ1n) is 10.0. The van der Waals surface area contributed by atoms with Crippen LogP contribution in [-0.2, 0) is 23.4 Å². The van der Waals surface area contributed by atoms with E-state index < -0.39 is 11.1 Å². The molecule has 0 spiro atoms. The Balaban J connectivity index is 1.57. The van der Waals surface area contributed by atoms with Crippen molar-refractivity contribution in [2.24, 2.45) is 0 Å². The van der Waals surface area contributed by atoms with E-state index in [1.54, 1.807) is 26.9 Å². The molecule has 1 aliphatic heterocycles. The third kappa shape index (κ3) is 3.71. The third-order valence-corrected chi connectivity index (χ3v) is 6.26. The van der Waals surface area contributed by atoms with Gasteiger partial charge in [0.05, 0.1) is 41.8 Å². The van der Waals surface area contributed by atoms with Gasteiger partial charge in [-0.2, -0.15) is 5.10 Å². The second-order valence-corrected chi connectivity index (χ2v) is 9.71. The number of hydrogen-bond donors (Lipinski definition) is 0. The summed E-state index contributed by atoms with van der Waals surface area (Å²) in [4.78, 5) is 33.9. The smallest absolute Gasteiger partial charge is 0.410 e. The molecule has 4 rings (SSSR count). The molecule has 8 nitrogen and oxygen atoms in total. The summed E-state index contributed by atoms with van der Waals surface area (Å²) < 4.78 is 8.20. The van der Waals surface area contributed by atoms with Crippen LogP contribution in [-0.4, -0.2) is 55.8 Å². The number of carbonyl (C=O) groups is 2. The largest absolute Gasteiger partial charge is 0.444 e. The van der Waals surface area contributed by atoms with Crippen molar-refractivity contribution < 1.29 is 14.3 Å². The Morgan fingerprint density at radius 2 is 2.00 bits per heavy atom. The second kappa shape index (κ2) is 7.37. The van der Waals surface area contributed by atoms with Gasteiger partial charge in [0.15, 0.2) is 0 Å². The van der Waals surface area contributed by atoms with Gasteiger partial charge in [0, 0.05) is 24.3 Å². The molecule has 1 aliphatic carbocycles. The predicted molar refractivity (Wildman–Crippen MR) is 114 cm³/mol. The summed E-state index contributed by atoms with van der Waals surface area (Å²) in [6, 6.07) is 3.81. The van der Waals surface area contributed by atoms with Crippen LogP contribution < -0.4 is 0 Å². The average Bonchev–Trinajstić information content (AvgIpc) is 3.38. The van der Waals surface area contributed by atoms with Crippen molar-refractivity contribution in [2.75, 3.05) is 13.6 Å². The lowest BCUT2D eigenvalue weighted by Crippen LogP contribution is -2.43. The van der Waals surface area contributed by atoms with Crippen molar-refractivity contribution in [3.63, 3.8) is 0 Å². The van der Waals surface area contributed by atoms with Crippen LogP contribution in [0.3, 0.4) is 0 Å². The van der Waals surface area contributed by atoms with Gasteiger partial charge in [-0.3, -0.25) is 14.5 Å². The summed E-state index contributed by atoms with van der Waals surface area (Å²) in [6.07, 6.45) is 4.70. The van der Waals surface area contributed by atoms with Gasteiger partial charge in [-0.05, 0) is 61.7 Å². The van der Waals surface area contributed by atoms with E-state index >= 15 is 0 Å². The summed E-state index contributed by atoms with van der Waals surface area (Å²) in [5, 5.41) is 4.39. The molecule has 3 heterocycles. The molecule has 2 aliphatic rings. The first kappa shape index (κ1) is 20.8. The van der Waals surface area contributed by atoms with E-state index in [2.05, 4.69) is 26.0 Å². The quantitative estimate of drug-likeness (QED) is 0.677. The minimum atomic E-state index is -0.567. The van der Waals surface area contributed by atoms with Gasteiger partial charge < -0.3 is 14.5 Å². The molecule has 160 valence electrons. The van der Waals surface area contributed by atoms with Crippen molar-refractivity contribution in [1.29, 1.82) is 0 Å². The maximum Gasteiger partial charge on any atom is 0.410 e. The number of carbonyl (C=O) groups excluding carboxylic acids is 2. The minimum absolute atomic E-state index is 0.114. The number of hydrogen-bond acceptors (Lipinski definition) is 5. The number of pyridine rings is 1. The molecule has 1 fully saturated rings. The van der Waals surface area contributed by atoms with Crippen LogP contribution in [0, 0.1) is 0 Å². The summed E-state index contributed by atoms with van der Waals surface area (Å²) in [6.45, 7) is 6.85. The molecule has 2 aromatic heterocycles. The number of fused-ring (bicyclic) bond motifs is 1. The molecule has 9 heteroatoms. The van der Waals surface area contributed by atoms with Crippen molar-refractivity contribution in [2.45, 2.75) is 57.8 Å². The van der Waals surface area contributed by atoms with Crippen LogP contribution >= 0.6 is 15.9 Å². The normalized spacial score (nSPS) is 17.3. The van der Waals surface area contributed by atoms with Crippen molar-refractivity contribution in [1.82, 2.24) is 24.6 Å². The van der Waals surface area contributed by atoms with Gasteiger partial charge in [0.1, 0.15) is 5.60 Å². The molecule has 0 atom stereocenters. The fraction of sp³-hybridized carbons (Fsp3) is 0.524. The van der Waals surface area contributed by atoms with Gasteiger partial charge in [0.25, 0.3) is 5.91 Å². The lowest BCUT2D eigenvalue weighted by atomic mass is 10.1. The Morgan fingerprint density at radius 3 is 2.63 bits per heavy atom. The van der Waals surface area contributed by atoms with Gasteiger partial charge in [-0.1, -0.05) is 0 Å². The zero-order valence-electron chi connectivity index (χ0n) is 17.7. The molecule has 0 unspecified atom stereocenters. The number of amides is 2. The van der Waals surface area contributed by atoms with E-state index in [0.29, 0.717) is 25.2 Å². The van der Waals surface area contributed by atoms with E-state index in [1.165, 1.54) is 0 Å². The Morgan fingerprint density at radius 1 is 1.27 bits per heavy atom. The Kier molecular flexibility index (Phi) is 5.12. The van der Waals surface area contributed by atoms with Gasteiger partial charge in [-0.15, -0.1) is 0 Å². The van der Waals surface area contributed by atoms with Crippen LogP contribution in [0.25, 0.3) is 0 Å². The summed E-state index contributed by atoms with van der Waals surface area (Å²) in [5.74, 6) is -0.114. The number of halogens is 1. The highest BCUT2D eigenvalue weighted by Crippen LogP contribution is 2.52. The third-order valence-electron chi connectivity index (χ3n) is 5.62. The van der Waals surface area contributed by atoms with E-state index in [-0.39, 0.29) is 12.0 Å². The molecule has 0 N–H and O–H groups in total. The molecular weight excluding hydrogens is 450 g/mol. The Bertz CT molecular complexity index is 993. The Labute approximate surface area is 184 Å². The highest BCUT2D eigenvalue weighted by atomic mass is 79.9. The summed E-state index contributed by atoms with van der Waals surface area (Å²) >= 11 is 3.57. The molecule has 2 amide bonds. The number of aromatic nitrogens is 3. The fourth-order valence-corrected chi connectivity index (χ4v) is 4.48. The molecule has 1 saturated carbocycles. The summed E-state index contributed by atoms with van der Waals surface area (Å²) in [5.41, 5.74) is 1.15. The molecular formula is C21H26BrN5O3. The lowest BCUT2D eigenvalue weighted by molar-refractivity contribution is 0.0192.